The molecule has 1 amide bonds. The van der Waals surface area contributed by atoms with Crippen LogP contribution in [0.15, 0.2) is 53.5 Å². The third kappa shape index (κ3) is 5.99. The van der Waals surface area contributed by atoms with E-state index in [1.165, 1.54) is 5.56 Å². The lowest BCUT2D eigenvalue weighted by Crippen LogP contribution is -2.39. The zero-order valence-electron chi connectivity index (χ0n) is 18.1. The number of anilines is 1. The summed E-state index contributed by atoms with van der Waals surface area (Å²) in [5, 5.41) is 9.50. The van der Waals surface area contributed by atoms with E-state index in [2.05, 4.69) is 48.0 Å². The molecule has 0 aliphatic carbocycles. The smallest absolute Gasteiger partial charge is 0.225 e. The Morgan fingerprint density at radius 2 is 1.93 bits per heavy atom. The number of carbonyl (C=O) groups excluding carboxylic acids is 1. The molecule has 6 heteroatoms. The van der Waals surface area contributed by atoms with Gasteiger partial charge in [0.2, 0.25) is 5.91 Å². The zero-order valence-corrected chi connectivity index (χ0v) is 18.1. The molecule has 0 radical (unpaired) electrons. The molecule has 1 aliphatic heterocycles. The lowest BCUT2D eigenvalue weighted by Gasteiger charge is -2.24. The fourth-order valence-electron chi connectivity index (χ4n) is 3.50. The molecular formula is C24H32N4O2. The average Bonchev–Trinajstić information content (AvgIpc) is 2.75. The highest BCUT2D eigenvalue weighted by Gasteiger charge is 2.24. The molecule has 0 saturated heterocycles. The maximum Gasteiger partial charge on any atom is 0.225 e. The van der Waals surface area contributed by atoms with Gasteiger partial charge in [-0.2, -0.15) is 0 Å². The van der Waals surface area contributed by atoms with Crippen LogP contribution in [-0.4, -0.2) is 38.1 Å². The van der Waals surface area contributed by atoms with E-state index in [0.717, 1.165) is 29.5 Å². The Balaban J connectivity index is 1.52. The van der Waals surface area contributed by atoms with Crippen LogP contribution in [0.5, 0.6) is 5.75 Å². The number of nitrogens with one attached hydrogen (secondary N) is 3. The largest absolute Gasteiger partial charge is 0.492 e. The summed E-state index contributed by atoms with van der Waals surface area (Å²) in [4.78, 5) is 16.7. The molecule has 6 nitrogen and oxygen atoms in total. The third-order valence-corrected chi connectivity index (χ3v) is 5.13. The normalized spacial score (nSPS) is 16.1. The fourth-order valence-corrected chi connectivity index (χ4v) is 3.50. The van der Waals surface area contributed by atoms with E-state index >= 15 is 0 Å². The number of hydrogen-bond acceptors (Lipinski definition) is 3. The van der Waals surface area contributed by atoms with Gasteiger partial charge in [-0.15, -0.1) is 0 Å². The summed E-state index contributed by atoms with van der Waals surface area (Å²) in [5.41, 5.74) is 3.34. The number of ether oxygens (including phenoxy) is 1. The molecule has 1 unspecified atom stereocenters. The SMILES string of the molecule is CCNC(=NCC1CC(=O)Nc2ccccc21)NCCOc1ccc(C(C)C)cc1. The van der Waals surface area contributed by atoms with Crippen molar-refractivity contribution < 1.29 is 9.53 Å². The predicted molar refractivity (Wildman–Crippen MR) is 122 cm³/mol. The molecule has 0 aromatic heterocycles. The number of nitrogens with zero attached hydrogens (tertiary/aromatic N) is 1. The summed E-state index contributed by atoms with van der Waals surface area (Å²) in [6.07, 6.45) is 0.454. The second-order valence-corrected chi connectivity index (χ2v) is 7.76. The van der Waals surface area contributed by atoms with Crippen molar-refractivity contribution >= 4 is 17.6 Å². The maximum absolute atomic E-state index is 12.0. The number of rotatable bonds is 8. The zero-order chi connectivity index (χ0) is 21.3. The number of benzene rings is 2. The van der Waals surface area contributed by atoms with Crippen LogP contribution in [0, 0.1) is 0 Å². The van der Waals surface area contributed by atoms with Crippen LogP contribution < -0.4 is 20.7 Å². The van der Waals surface area contributed by atoms with Gasteiger partial charge in [0, 0.05) is 24.6 Å². The molecule has 160 valence electrons. The molecule has 2 aromatic rings. The summed E-state index contributed by atoms with van der Waals surface area (Å²) < 4.78 is 5.83. The van der Waals surface area contributed by atoms with Gasteiger partial charge < -0.3 is 20.7 Å². The first-order chi connectivity index (χ1) is 14.6. The molecule has 1 atom stereocenters. The van der Waals surface area contributed by atoms with E-state index < -0.39 is 0 Å². The van der Waals surface area contributed by atoms with Crippen molar-refractivity contribution in [3.05, 3.63) is 59.7 Å². The van der Waals surface area contributed by atoms with Gasteiger partial charge in [-0.1, -0.05) is 44.2 Å². The lowest BCUT2D eigenvalue weighted by atomic mass is 9.91. The minimum atomic E-state index is 0.0451. The summed E-state index contributed by atoms with van der Waals surface area (Å²) in [5.74, 6) is 2.25. The molecular weight excluding hydrogens is 376 g/mol. The summed E-state index contributed by atoms with van der Waals surface area (Å²) >= 11 is 0. The quantitative estimate of drug-likeness (QED) is 0.352. The van der Waals surface area contributed by atoms with Crippen molar-refractivity contribution in [2.75, 3.05) is 31.6 Å². The molecule has 30 heavy (non-hydrogen) atoms. The van der Waals surface area contributed by atoms with Crippen LogP contribution in [0.4, 0.5) is 5.69 Å². The Kier molecular flexibility index (Phi) is 7.71. The number of fused-ring (bicyclic) bond motifs is 1. The van der Waals surface area contributed by atoms with Gasteiger partial charge in [0.1, 0.15) is 12.4 Å². The van der Waals surface area contributed by atoms with E-state index in [4.69, 9.17) is 9.73 Å². The lowest BCUT2D eigenvalue weighted by molar-refractivity contribution is -0.116. The molecule has 0 spiro atoms. The number of guanidine groups is 1. The van der Waals surface area contributed by atoms with E-state index in [9.17, 15) is 4.79 Å². The van der Waals surface area contributed by atoms with Gasteiger partial charge in [0.15, 0.2) is 5.96 Å². The molecule has 1 aliphatic rings. The highest BCUT2D eigenvalue weighted by Crippen LogP contribution is 2.31. The van der Waals surface area contributed by atoms with Crippen molar-refractivity contribution in [3.63, 3.8) is 0 Å². The molecule has 0 bridgehead atoms. The average molecular weight is 409 g/mol. The van der Waals surface area contributed by atoms with Crippen LogP contribution in [0.25, 0.3) is 0 Å². The number of amides is 1. The van der Waals surface area contributed by atoms with Crippen LogP contribution >= 0.6 is 0 Å². The first-order valence-electron chi connectivity index (χ1n) is 10.7. The number of para-hydroxylation sites is 1. The number of aliphatic imine (C=N–C) groups is 1. The number of hydrogen-bond donors (Lipinski definition) is 3. The Hall–Kier alpha value is -3.02. The van der Waals surface area contributed by atoms with Crippen molar-refractivity contribution in [2.45, 2.75) is 39.0 Å². The molecule has 0 saturated carbocycles. The fraction of sp³-hybridized carbons (Fsp3) is 0.417. The van der Waals surface area contributed by atoms with Crippen molar-refractivity contribution in [1.82, 2.24) is 10.6 Å². The summed E-state index contributed by atoms with van der Waals surface area (Å²) in [6, 6.07) is 16.2. The van der Waals surface area contributed by atoms with Crippen LogP contribution in [0.2, 0.25) is 0 Å². The van der Waals surface area contributed by atoms with Gasteiger partial charge in [-0.05, 0) is 42.2 Å². The minimum absolute atomic E-state index is 0.0451. The summed E-state index contributed by atoms with van der Waals surface area (Å²) in [7, 11) is 0. The van der Waals surface area contributed by atoms with Gasteiger partial charge in [0.05, 0.1) is 13.1 Å². The highest BCUT2D eigenvalue weighted by atomic mass is 16.5. The van der Waals surface area contributed by atoms with Gasteiger partial charge >= 0.3 is 0 Å². The Bertz CT molecular complexity index is 862. The molecule has 1 heterocycles. The molecule has 2 aromatic carbocycles. The minimum Gasteiger partial charge on any atom is -0.492 e. The standard InChI is InChI=1S/C24H32N4O2/c1-4-25-24(26-13-14-30-20-11-9-18(10-12-20)17(2)3)27-16-19-15-23(29)28-22-8-6-5-7-21(19)22/h5-12,17,19H,4,13-16H2,1-3H3,(H,28,29)(H2,25,26,27). The van der Waals surface area contributed by atoms with Crippen LogP contribution in [0.3, 0.4) is 0 Å². The van der Waals surface area contributed by atoms with Gasteiger partial charge in [-0.3, -0.25) is 9.79 Å². The third-order valence-electron chi connectivity index (χ3n) is 5.13. The van der Waals surface area contributed by atoms with Crippen LogP contribution in [-0.2, 0) is 4.79 Å². The molecule has 0 fully saturated rings. The van der Waals surface area contributed by atoms with Gasteiger partial charge in [-0.25, -0.2) is 0 Å². The number of carbonyl (C=O) groups is 1. The molecule has 3 N–H and O–H groups in total. The monoisotopic (exact) mass is 408 g/mol. The first-order valence-corrected chi connectivity index (χ1v) is 10.7. The van der Waals surface area contributed by atoms with Crippen molar-refractivity contribution in [3.8, 4) is 5.75 Å². The molecule has 3 rings (SSSR count). The topological polar surface area (TPSA) is 74.8 Å². The Morgan fingerprint density at radius 1 is 1.17 bits per heavy atom. The van der Waals surface area contributed by atoms with E-state index in [1.807, 2.05) is 37.3 Å². The van der Waals surface area contributed by atoms with Gasteiger partial charge in [0.25, 0.3) is 0 Å². The van der Waals surface area contributed by atoms with E-state index in [-0.39, 0.29) is 11.8 Å². The first kappa shape index (κ1) is 21.7. The Labute approximate surface area is 179 Å². The highest BCUT2D eigenvalue weighted by molar-refractivity contribution is 5.94. The Morgan fingerprint density at radius 3 is 2.67 bits per heavy atom. The second-order valence-electron chi connectivity index (χ2n) is 7.76. The second kappa shape index (κ2) is 10.7. The summed E-state index contributed by atoms with van der Waals surface area (Å²) in [6.45, 7) is 8.90. The van der Waals surface area contributed by atoms with E-state index in [0.29, 0.717) is 32.0 Å². The van der Waals surface area contributed by atoms with E-state index in [1.54, 1.807) is 0 Å². The maximum atomic E-state index is 12.0. The van der Waals surface area contributed by atoms with Crippen molar-refractivity contribution in [2.24, 2.45) is 4.99 Å². The predicted octanol–water partition coefficient (Wildman–Crippen LogP) is 3.87. The van der Waals surface area contributed by atoms with Crippen LogP contribution in [0.1, 0.15) is 50.2 Å². The van der Waals surface area contributed by atoms with Crippen molar-refractivity contribution in [1.29, 1.82) is 0 Å².